The Labute approximate surface area is 150 Å². The molecule has 134 valence electrons. The predicted octanol–water partition coefficient (Wildman–Crippen LogP) is 2.24. The molecule has 0 saturated carbocycles. The second-order valence-electron chi connectivity index (χ2n) is 5.69. The van der Waals surface area contributed by atoms with Crippen LogP contribution in [0.4, 0.5) is 10.1 Å². The molecule has 1 atom stereocenters. The molecule has 0 bridgehead atoms. The highest BCUT2D eigenvalue weighted by atomic mass is 35.5. The lowest BCUT2D eigenvalue weighted by atomic mass is 9.99. The lowest BCUT2D eigenvalue weighted by molar-refractivity contribution is -0.117. The maximum atomic E-state index is 14.5. The molecule has 0 spiro atoms. The minimum absolute atomic E-state index is 0. The minimum Gasteiger partial charge on any atom is -0.472 e. The first kappa shape index (κ1) is 19.0. The number of carbonyl (C=O) groups is 2. The van der Waals surface area contributed by atoms with Gasteiger partial charge in [-0.2, -0.15) is 0 Å². The van der Waals surface area contributed by atoms with Gasteiger partial charge in [0.2, 0.25) is 5.91 Å². The van der Waals surface area contributed by atoms with E-state index < -0.39 is 23.7 Å². The van der Waals surface area contributed by atoms with Crippen molar-refractivity contribution in [3.63, 3.8) is 0 Å². The molecule has 3 N–H and O–H groups in total. The van der Waals surface area contributed by atoms with Crippen molar-refractivity contribution < 1.29 is 18.4 Å². The van der Waals surface area contributed by atoms with Gasteiger partial charge >= 0.3 is 0 Å². The van der Waals surface area contributed by atoms with Crippen molar-refractivity contribution in [2.45, 2.75) is 25.9 Å². The predicted molar refractivity (Wildman–Crippen MR) is 93.3 cm³/mol. The van der Waals surface area contributed by atoms with Gasteiger partial charge in [0.15, 0.2) is 0 Å². The Kier molecular flexibility index (Phi) is 6.17. The highest BCUT2D eigenvalue weighted by molar-refractivity contribution is 6.00. The fourth-order valence-electron chi connectivity index (χ4n) is 2.61. The van der Waals surface area contributed by atoms with Gasteiger partial charge in [-0.05, 0) is 43.1 Å². The molecule has 8 heteroatoms. The summed E-state index contributed by atoms with van der Waals surface area (Å²) in [6.45, 7) is 2.86. The Hall–Kier alpha value is -2.38. The van der Waals surface area contributed by atoms with E-state index in [1.165, 1.54) is 25.5 Å². The summed E-state index contributed by atoms with van der Waals surface area (Å²) in [4.78, 5) is 24.1. The van der Waals surface area contributed by atoms with Crippen molar-refractivity contribution in [2.75, 3.05) is 11.9 Å². The third-order valence-electron chi connectivity index (χ3n) is 3.99. The van der Waals surface area contributed by atoms with E-state index in [4.69, 9.17) is 4.42 Å². The molecule has 1 aromatic carbocycles. The highest BCUT2D eigenvalue weighted by Crippen LogP contribution is 2.24. The highest BCUT2D eigenvalue weighted by Gasteiger charge is 2.21. The lowest BCUT2D eigenvalue weighted by Gasteiger charge is -2.20. The monoisotopic (exact) mass is 367 g/mol. The fraction of sp³-hybridized carbons (Fsp3) is 0.294. The minimum atomic E-state index is -0.815. The number of amides is 2. The Morgan fingerprint density at radius 2 is 2.12 bits per heavy atom. The Balaban J connectivity index is 0.00000225. The topological polar surface area (TPSA) is 83.4 Å². The summed E-state index contributed by atoms with van der Waals surface area (Å²) in [6.07, 6.45) is 3.24. The van der Waals surface area contributed by atoms with E-state index >= 15 is 0 Å². The van der Waals surface area contributed by atoms with Gasteiger partial charge in [-0.3, -0.25) is 9.59 Å². The van der Waals surface area contributed by atoms with E-state index in [0.717, 1.165) is 5.56 Å². The lowest BCUT2D eigenvalue weighted by Crippen LogP contribution is -2.41. The van der Waals surface area contributed by atoms with Crippen molar-refractivity contribution in [1.29, 1.82) is 0 Å². The second kappa shape index (κ2) is 8.13. The number of nitrogens with one attached hydrogen (secondary N) is 3. The molecule has 2 aromatic rings. The quantitative estimate of drug-likeness (QED) is 0.774. The van der Waals surface area contributed by atoms with Gasteiger partial charge in [0.05, 0.1) is 17.5 Å². The van der Waals surface area contributed by atoms with Crippen LogP contribution in [0.5, 0.6) is 0 Å². The summed E-state index contributed by atoms with van der Waals surface area (Å²) in [7, 11) is 0. The summed E-state index contributed by atoms with van der Waals surface area (Å²) >= 11 is 0. The fourth-order valence-corrected chi connectivity index (χ4v) is 2.61. The van der Waals surface area contributed by atoms with Crippen LogP contribution in [-0.2, 0) is 17.8 Å². The Bertz CT molecular complexity index is 765. The first-order valence-electron chi connectivity index (χ1n) is 7.71. The van der Waals surface area contributed by atoms with Crippen LogP contribution in [0, 0.1) is 5.82 Å². The molecule has 2 amide bonds. The number of carbonyl (C=O) groups excluding carboxylic acids is 2. The molecule has 0 fully saturated rings. The Morgan fingerprint density at radius 1 is 1.32 bits per heavy atom. The maximum Gasteiger partial charge on any atom is 0.255 e. The third-order valence-corrected chi connectivity index (χ3v) is 3.99. The van der Waals surface area contributed by atoms with E-state index in [-0.39, 0.29) is 18.1 Å². The van der Waals surface area contributed by atoms with E-state index in [1.54, 1.807) is 12.1 Å². The van der Waals surface area contributed by atoms with Crippen LogP contribution in [0.25, 0.3) is 0 Å². The largest absolute Gasteiger partial charge is 0.472 e. The molecule has 1 aliphatic rings. The van der Waals surface area contributed by atoms with Crippen LogP contribution in [0.15, 0.2) is 35.1 Å². The average molecular weight is 368 g/mol. The first-order valence-corrected chi connectivity index (χ1v) is 7.71. The number of hydrogen-bond acceptors (Lipinski definition) is 4. The van der Waals surface area contributed by atoms with Crippen LogP contribution in [0.1, 0.15) is 28.4 Å². The number of benzene rings is 1. The summed E-state index contributed by atoms with van der Waals surface area (Å²) in [5.74, 6) is -1.32. The number of fused-ring (bicyclic) bond motifs is 1. The standard InChI is InChI=1S/C17H18FN3O3.ClH/c1-10(20-17(23)12-5-7-24-9-12)16(22)21-14-3-2-11-8-19-6-4-13(11)15(14)18;/h2-3,5,7,9-10,19H,4,6,8H2,1H3,(H,20,23)(H,21,22);1H. The van der Waals surface area contributed by atoms with Crippen molar-refractivity contribution in [1.82, 2.24) is 10.6 Å². The van der Waals surface area contributed by atoms with E-state index in [2.05, 4.69) is 16.0 Å². The summed E-state index contributed by atoms with van der Waals surface area (Å²) in [6, 6.07) is 4.03. The van der Waals surface area contributed by atoms with E-state index in [1.807, 2.05) is 0 Å². The van der Waals surface area contributed by atoms with Crippen LogP contribution in [0.2, 0.25) is 0 Å². The summed E-state index contributed by atoms with van der Waals surface area (Å²) < 4.78 is 19.3. The average Bonchev–Trinajstić information content (AvgIpc) is 3.12. The number of furan rings is 1. The molecular formula is C17H19ClFN3O3. The van der Waals surface area contributed by atoms with Crippen molar-refractivity contribution in [2.24, 2.45) is 0 Å². The zero-order valence-corrected chi connectivity index (χ0v) is 14.4. The number of halogens is 2. The smallest absolute Gasteiger partial charge is 0.255 e. The molecule has 1 unspecified atom stereocenters. The van der Waals surface area contributed by atoms with Gasteiger partial charge in [-0.25, -0.2) is 4.39 Å². The summed E-state index contributed by atoms with van der Waals surface area (Å²) in [5.41, 5.74) is 1.98. The molecule has 0 radical (unpaired) electrons. The molecule has 1 aliphatic heterocycles. The number of anilines is 1. The Morgan fingerprint density at radius 3 is 2.84 bits per heavy atom. The molecule has 0 saturated heterocycles. The van der Waals surface area contributed by atoms with Crippen LogP contribution < -0.4 is 16.0 Å². The number of rotatable bonds is 4. The zero-order valence-electron chi connectivity index (χ0n) is 13.6. The zero-order chi connectivity index (χ0) is 17.1. The van der Waals surface area contributed by atoms with Crippen molar-refractivity contribution in [3.8, 4) is 0 Å². The molecule has 2 heterocycles. The van der Waals surface area contributed by atoms with E-state index in [0.29, 0.717) is 30.6 Å². The van der Waals surface area contributed by atoms with Crippen LogP contribution in [0.3, 0.4) is 0 Å². The molecule has 1 aromatic heterocycles. The van der Waals surface area contributed by atoms with Gasteiger partial charge in [-0.15, -0.1) is 12.4 Å². The van der Waals surface area contributed by atoms with Gasteiger partial charge in [-0.1, -0.05) is 6.07 Å². The van der Waals surface area contributed by atoms with E-state index in [9.17, 15) is 14.0 Å². The van der Waals surface area contributed by atoms with Crippen LogP contribution in [-0.4, -0.2) is 24.4 Å². The normalized spacial score (nSPS) is 14.0. The first-order chi connectivity index (χ1) is 11.6. The van der Waals surface area contributed by atoms with Gasteiger partial charge in [0.1, 0.15) is 18.1 Å². The molecule has 25 heavy (non-hydrogen) atoms. The second-order valence-corrected chi connectivity index (χ2v) is 5.69. The third kappa shape index (κ3) is 4.18. The van der Waals surface area contributed by atoms with Gasteiger partial charge in [0, 0.05) is 6.54 Å². The van der Waals surface area contributed by atoms with Crippen molar-refractivity contribution >= 4 is 29.9 Å². The number of hydrogen-bond donors (Lipinski definition) is 3. The van der Waals surface area contributed by atoms with Crippen LogP contribution >= 0.6 is 12.4 Å². The molecular weight excluding hydrogens is 349 g/mol. The SMILES string of the molecule is CC(NC(=O)c1ccoc1)C(=O)Nc1ccc2c(c1F)CCNC2.Cl. The molecule has 6 nitrogen and oxygen atoms in total. The molecule has 3 rings (SSSR count). The molecule has 0 aliphatic carbocycles. The van der Waals surface area contributed by atoms with Crippen molar-refractivity contribution in [3.05, 3.63) is 53.2 Å². The summed E-state index contributed by atoms with van der Waals surface area (Å²) in [5, 5.41) is 8.25. The maximum absolute atomic E-state index is 14.5. The van der Waals surface area contributed by atoms with Gasteiger partial charge in [0.25, 0.3) is 5.91 Å². The van der Waals surface area contributed by atoms with Gasteiger partial charge < -0.3 is 20.4 Å².